The summed E-state index contributed by atoms with van der Waals surface area (Å²) in [6.45, 7) is 2.72. The molecular weight excluding hydrogens is 354 g/mol. The predicted octanol–water partition coefficient (Wildman–Crippen LogP) is 1.04. The van der Waals surface area contributed by atoms with E-state index in [1.807, 2.05) is 44.1 Å². The molecular formula is C18H29N3O4S. The molecule has 1 aliphatic heterocycles. The lowest BCUT2D eigenvalue weighted by Crippen LogP contribution is -2.43. The largest absolute Gasteiger partial charge is 0.488 e. The summed E-state index contributed by atoms with van der Waals surface area (Å²) in [5, 5.41) is 0. The summed E-state index contributed by atoms with van der Waals surface area (Å²) in [5.74, 6) is 0.639. The number of carbonyl (C=O) groups is 1. The highest BCUT2D eigenvalue weighted by atomic mass is 32.2. The molecule has 1 amide bonds. The number of rotatable bonds is 4. The van der Waals surface area contributed by atoms with E-state index < -0.39 is 10.0 Å². The Bertz CT molecular complexity index is 764. The van der Waals surface area contributed by atoms with Crippen LogP contribution in [-0.2, 0) is 21.2 Å². The molecule has 0 saturated carbocycles. The SMILES string of the molecule is C[C@H]1CN(C)C(=O)Cc2cc(N(C)C)ccc2O[C@H]1CN(C)S(C)(=O)=O. The molecule has 1 aromatic rings. The average Bonchev–Trinajstić information content (AvgIpc) is 2.57. The summed E-state index contributed by atoms with van der Waals surface area (Å²) in [6, 6.07) is 5.75. The molecule has 0 fully saturated rings. The van der Waals surface area contributed by atoms with Crippen molar-refractivity contribution in [3.8, 4) is 5.75 Å². The second kappa shape index (κ2) is 7.84. The molecule has 0 bridgehead atoms. The minimum atomic E-state index is -3.31. The molecule has 2 atom stereocenters. The van der Waals surface area contributed by atoms with Gasteiger partial charge >= 0.3 is 0 Å². The molecule has 0 spiro atoms. The van der Waals surface area contributed by atoms with E-state index in [0.717, 1.165) is 11.3 Å². The highest BCUT2D eigenvalue weighted by Gasteiger charge is 2.29. The maximum Gasteiger partial charge on any atom is 0.226 e. The van der Waals surface area contributed by atoms with Crippen LogP contribution in [0.25, 0.3) is 0 Å². The lowest BCUT2D eigenvalue weighted by molar-refractivity contribution is -0.129. The van der Waals surface area contributed by atoms with Gasteiger partial charge in [-0.25, -0.2) is 12.7 Å². The van der Waals surface area contributed by atoms with Gasteiger partial charge in [0, 0.05) is 51.9 Å². The van der Waals surface area contributed by atoms with Gasteiger partial charge in [-0.3, -0.25) is 4.79 Å². The van der Waals surface area contributed by atoms with Crippen LogP contribution in [0.15, 0.2) is 18.2 Å². The van der Waals surface area contributed by atoms with Gasteiger partial charge in [0.1, 0.15) is 11.9 Å². The number of ether oxygens (including phenoxy) is 1. The van der Waals surface area contributed by atoms with Crippen LogP contribution in [0.5, 0.6) is 5.75 Å². The molecule has 2 rings (SSSR count). The minimum absolute atomic E-state index is 0.0207. The highest BCUT2D eigenvalue weighted by Crippen LogP contribution is 2.29. The molecule has 0 radical (unpaired) electrons. The summed E-state index contributed by atoms with van der Waals surface area (Å²) in [7, 11) is 3.89. The van der Waals surface area contributed by atoms with Gasteiger partial charge in [0.25, 0.3) is 0 Å². The zero-order valence-corrected chi connectivity index (χ0v) is 17.2. The van der Waals surface area contributed by atoms with E-state index in [1.54, 1.807) is 19.0 Å². The summed E-state index contributed by atoms with van der Waals surface area (Å²) < 4.78 is 31.1. The van der Waals surface area contributed by atoms with Crippen molar-refractivity contribution in [2.45, 2.75) is 19.4 Å². The Morgan fingerprint density at radius 3 is 2.50 bits per heavy atom. The monoisotopic (exact) mass is 383 g/mol. The zero-order chi connectivity index (χ0) is 19.6. The third-order valence-corrected chi connectivity index (χ3v) is 6.09. The first kappa shape index (κ1) is 20.5. The van der Waals surface area contributed by atoms with Gasteiger partial charge in [0.15, 0.2) is 0 Å². The molecule has 26 heavy (non-hydrogen) atoms. The van der Waals surface area contributed by atoms with Crippen molar-refractivity contribution in [1.82, 2.24) is 9.21 Å². The lowest BCUT2D eigenvalue weighted by Gasteiger charge is -2.30. The Morgan fingerprint density at radius 2 is 1.92 bits per heavy atom. The number of anilines is 1. The van der Waals surface area contributed by atoms with Crippen molar-refractivity contribution < 1.29 is 17.9 Å². The van der Waals surface area contributed by atoms with Crippen LogP contribution in [0.4, 0.5) is 5.69 Å². The Hall–Kier alpha value is -1.80. The second-order valence-electron chi connectivity index (χ2n) is 7.31. The average molecular weight is 384 g/mol. The molecule has 0 aromatic heterocycles. The first-order valence-corrected chi connectivity index (χ1v) is 10.5. The van der Waals surface area contributed by atoms with E-state index >= 15 is 0 Å². The van der Waals surface area contributed by atoms with E-state index in [2.05, 4.69) is 0 Å². The fraction of sp³-hybridized carbons (Fsp3) is 0.611. The third-order valence-electron chi connectivity index (χ3n) is 4.81. The van der Waals surface area contributed by atoms with Crippen molar-refractivity contribution in [3.05, 3.63) is 23.8 Å². The Labute approximate surface area is 156 Å². The Morgan fingerprint density at radius 1 is 1.27 bits per heavy atom. The lowest BCUT2D eigenvalue weighted by atomic mass is 10.0. The molecule has 8 heteroatoms. The smallest absolute Gasteiger partial charge is 0.226 e. The van der Waals surface area contributed by atoms with Crippen LogP contribution in [0.3, 0.4) is 0 Å². The van der Waals surface area contributed by atoms with Gasteiger partial charge in [0.05, 0.1) is 19.2 Å². The standard InChI is InChI=1S/C18H29N3O4S/c1-13-11-20(4)18(22)10-14-9-15(19(2)3)7-8-16(14)25-17(13)12-21(5)26(6,23)24/h7-9,13,17H,10-12H2,1-6H3/t13-,17-/m0/s1. The number of carbonyl (C=O) groups excluding carboxylic acids is 1. The van der Waals surface area contributed by atoms with Crippen LogP contribution in [0.2, 0.25) is 0 Å². The number of amides is 1. The van der Waals surface area contributed by atoms with Crippen LogP contribution >= 0.6 is 0 Å². The number of fused-ring (bicyclic) bond motifs is 1. The van der Waals surface area contributed by atoms with Crippen molar-refractivity contribution >= 4 is 21.6 Å². The predicted molar refractivity (Wildman–Crippen MR) is 103 cm³/mol. The molecule has 0 saturated heterocycles. The molecule has 146 valence electrons. The van der Waals surface area contributed by atoms with Gasteiger partial charge in [-0.15, -0.1) is 0 Å². The topological polar surface area (TPSA) is 70.2 Å². The van der Waals surface area contributed by atoms with E-state index in [9.17, 15) is 13.2 Å². The maximum atomic E-state index is 12.5. The number of benzene rings is 1. The summed E-state index contributed by atoms with van der Waals surface area (Å²) in [5.41, 5.74) is 1.80. The van der Waals surface area contributed by atoms with Crippen LogP contribution in [0.1, 0.15) is 12.5 Å². The van der Waals surface area contributed by atoms with Crippen molar-refractivity contribution in [1.29, 1.82) is 0 Å². The molecule has 1 aromatic carbocycles. The van der Waals surface area contributed by atoms with Gasteiger partial charge in [-0.2, -0.15) is 0 Å². The Balaban J connectivity index is 2.41. The number of likely N-dealkylation sites (N-methyl/N-ethyl adjacent to an activating group) is 2. The van der Waals surface area contributed by atoms with Crippen LogP contribution < -0.4 is 9.64 Å². The van der Waals surface area contributed by atoms with E-state index in [-0.39, 0.29) is 30.9 Å². The van der Waals surface area contributed by atoms with E-state index in [1.165, 1.54) is 10.6 Å². The highest BCUT2D eigenvalue weighted by molar-refractivity contribution is 7.88. The summed E-state index contributed by atoms with van der Waals surface area (Å²) in [6.07, 6.45) is 1.08. The number of sulfonamides is 1. The Kier molecular flexibility index (Phi) is 6.18. The summed E-state index contributed by atoms with van der Waals surface area (Å²) in [4.78, 5) is 16.2. The fourth-order valence-electron chi connectivity index (χ4n) is 2.93. The third kappa shape index (κ3) is 4.88. The first-order chi connectivity index (χ1) is 12.0. The van der Waals surface area contributed by atoms with Gasteiger partial charge in [0.2, 0.25) is 15.9 Å². The number of nitrogens with zero attached hydrogens (tertiary/aromatic N) is 3. The normalized spacial score (nSPS) is 21.5. The van der Waals surface area contributed by atoms with Crippen molar-refractivity contribution in [2.75, 3.05) is 52.4 Å². The molecule has 0 unspecified atom stereocenters. The fourth-order valence-corrected chi connectivity index (χ4v) is 3.35. The van der Waals surface area contributed by atoms with Gasteiger partial charge in [-0.1, -0.05) is 6.92 Å². The first-order valence-electron chi connectivity index (χ1n) is 8.61. The van der Waals surface area contributed by atoms with Crippen molar-refractivity contribution in [3.63, 3.8) is 0 Å². The van der Waals surface area contributed by atoms with E-state index in [4.69, 9.17) is 4.74 Å². The second-order valence-corrected chi connectivity index (χ2v) is 9.40. The zero-order valence-electron chi connectivity index (χ0n) is 16.4. The maximum absolute atomic E-state index is 12.5. The van der Waals surface area contributed by atoms with Gasteiger partial charge < -0.3 is 14.5 Å². The number of hydrogen-bond acceptors (Lipinski definition) is 5. The minimum Gasteiger partial charge on any atom is -0.488 e. The van der Waals surface area contributed by atoms with Gasteiger partial charge in [-0.05, 0) is 18.2 Å². The van der Waals surface area contributed by atoms with Crippen molar-refractivity contribution in [2.24, 2.45) is 5.92 Å². The molecule has 7 nitrogen and oxygen atoms in total. The molecule has 0 aliphatic carbocycles. The summed E-state index contributed by atoms with van der Waals surface area (Å²) >= 11 is 0. The van der Waals surface area contributed by atoms with Crippen LogP contribution in [-0.4, -0.2) is 77.2 Å². The number of hydrogen-bond donors (Lipinski definition) is 0. The molecule has 1 aliphatic rings. The molecule has 0 N–H and O–H groups in total. The molecule has 1 heterocycles. The van der Waals surface area contributed by atoms with E-state index in [0.29, 0.717) is 12.3 Å². The van der Waals surface area contributed by atoms with Crippen LogP contribution in [0, 0.1) is 5.92 Å². The quantitative estimate of drug-likeness (QED) is 0.777.